The molecule has 3 nitrogen and oxygen atoms in total. The minimum atomic E-state index is 0.522. The third-order valence-electron chi connectivity index (χ3n) is 3.40. The number of likely N-dealkylation sites (tertiary alicyclic amines) is 1. The van der Waals surface area contributed by atoms with Gasteiger partial charge in [-0.15, -0.1) is 0 Å². The highest BCUT2D eigenvalue weighted by Gasteiger charge is 2.24. The molecule has 0 aromatic heterocycles. The van der Waals surface area contributed by atoms with Gasteiger partial charge in [0, 0.05) is 18.3 Å². The molecule has 2 aliphatic heterocycles. The number of piperidine rings is 1. The van der Waals surface area contributed by atoms with E-state index in [0.717, 1.165) is 12.3 Å². The second-order valence-corrected chi connectivity index (χ2v) is 6.31. The molecule has 92 valence electrons. The zero-order valence-electron chi connectivity index (χ0n) is 10.6. The van der Waals surface area contributed by atoms with E-state index in [1.165, 1.54) is 24.6 Å². The summed E-state index contributed by atoms with van der Waals surface area (Å²) in [4.78, 5) is 7.16. The van der Waals surface area contributed by atoms with Crippen molar-refractivity contribution in [3.8, 4) is 0 Å². The molecule has 0 aliphatic carbocycles. The largest absolute Gasteiger partial charge is 0.361 e. The van der Waals surface area contributed by atoms with Crippen LogP contribution in [-0.4, -0.2) is 48.0 Å². The van der Waals surface area contributed by atoms with E-state index < -0.39 is 0 Å². The van der Waals surface area contributed by atoms with Gasteiger partial charge in [-0.25, -0.2) is 0 Å². The van der Waals surface area contributed by atoms with Crippen molar-refractivity contribution in [2.45, 2.75) is 38.8 Å². The van der Waals surface area contributed by atoms with Crippen LogP contribution < -0.4 is 5.32 Å². The second-order valence-electron chi connectivity index (χ2n) is 5.30. The van der Waals surface area contributed by atoms with Crippen molar-refractivity contribution in [3.63, 3.8) is 0 Å². The molecule has 0 aromatic rings. The Kier molecular flexibility index (Phi) is 4.14. The summed E-state index contributed by atoms with van der Waals surface area (Å²) in [6, 6.07) is 1.13. The molecule has 0 saturated carbocycles. The van der Waals surface area contributed by atoms with Crippen LogP contribution in [0.4, 0.5) is 0 Å². The minimum absolute atomic E-state index is 0.522. The van der Waals surface area contributed by atoms with Gasteiger partial charge in [0.2, 0.25) is 0 Å². The van der Waals surface area contributed by atoms with Crippen molar-refractivity contribution in [1.29, 1.82) is 0 Å². The number of hydrogen-bond donors (Lipinski definition) is 1. The van der Waals surface area contributed by atoms with Gasteiger partial charge in [-0.3, -0.25) is 4.99 Å². The average molecular weight is 241 g/mol. The van der Waals surface area contributed by atoms with Crippen LogP contribution >= 0.6 is 11.8 Å². The Balaban J connectivity index is 1.83. The smallest absolute Gasteiger partial charge is 0.157 e. The lowest BCUT2D eigenvalue weighted by atomic mass is 10.1. The zero-order chi connectivity index (χ0) is 11.5. The number of amidine groups is 1. The lowest BCUT2D eigenvalue weighted by Gasteiger charge is -2.30. The van der Waals surface area contributed by atoms with Gasteiger partial charge in [0.15, 0.2) is 5.17 Å². The summed E-state index contributed by atoms with van der Waals surface area (Å²) in [7, 11) is 2.20. The minimum Gasteiger partial charge on any atom is -0.361 e. The Hall–Kier alpha value is -0.220. The molecule has 2 aliphatic rings. The van der Waals surface area contributed by atoms with Crippen LogP contribution in [0, 0.1) is 5.92 Å². The van der Waals surface area contributed by atoms with Crippen molar-refractivity contribution in [1.82, 2.24) is 10.2 Å². The van der Waals surface area contributed by atoms with Crippen molar-refractivity contribution in [2.75, 3.05) is 25.9 Å². The predicted molar refractivity (Wildman–Crippen MR) is 72.2 cm³/mol. The fraction of sp³-hybridized carbons (Fsp3) is 0.917. The molecule has 0 radical (unpaired) electrons. The van der Waals surface area contributed by atoms with E-state index in [1.807, 2.05) is 11.8 Å². The fourth-order valence-electron chi connectivity index (χ4n) is 2.27. The molecule has 0 amide bonds. The molecule has 2 unspecified atom stereocenters. The highest BCUT2D eigenvalue weighted by molar-refractivity contribution is 8.14. The first-order valence-corrected chi connectivity index (χ1v) is 7.29. The Morgan fingerprint density at radius 2 is 2.31 bits per heavy atom. The first-order valence-electron chi connectivity index (χ1n) is 6.31. The molecular weight excluding hydrogens is 218 g/mol. The highest BCUT2D eigenvalue weighted by Crippen LogP contribution is 2.23. The van der Waals surface area contributed by atoms with Crippen LogP contribution in [0.25, 0.3) is 0 Å². The molecule has 1 saturated heterocycles. The highest BCUT2D eigenvalue weighted by atomic mass is 32.2. The molecule has 1 fully saturated rings. The Labute approximate surface area is 103 Å². The molecule has 4 heteroatoms. The molecule has 0 bridgehead atoms. The van der Waals surface area contributed by atoms with Gasteiger partial charge in [-0.2, -0.15) is 0 Å². The van der Waals surface area contributed by atoms with E-state index in [0.29, 0.717) is 18.0 Å². The van der Waals surface area contributed by atoms with E-state index in [1.54, 1.807) is 0 Å². The summed E-state index contributed by atoms with van der Waals surface area (Å²) in [5.74, 6) is 1.82. The van der Waals surface area contributed by atoms with Crippen LogP contribution in [0.3, 0.4) is 0 Å². The normalized spacial score (nSPS) is 31.9. The molecule has 2 rings (SSSR count). The summed E-state index contributed by atoms with van der Waals surface area (Å²) in [5, 5.41) is 4.78. The van der Waals surface area contributed by atoms with E-state index in [4.69, 9.17) is 4.99 Å². The third-order valence-corrected chi connectivity index (χ3v) is 4.40. The van der Waals surface area contributed by atoms with Crippen molar-refractivity contribution < 1.29 is 0 Å². The van der Waals surface area contributed by atoms with Crippen LogP contribution in [0.2, 0.25) is 0 Å². The summed E-state index contributed by atoms with van der Waals surface area (Å²) in [5.41, 5.74) is 0. The maximum Gasteiger partial charge on any atom is 0.157 e. The Morgan fingerprint density at radius 3 is 2.94 bits per heavy atom. The predicted octanol–water partition coefficient (Wildman–Crippen LogP) is 1.80. The number of nitrogens with zero attached hydrogens (tertiary/aromatic N) is 2. The monoisotopic (exact) mass is 241 g/mol. The first kappa shape index (κ1) is 12.2. The maximum atomic E-state index is 4.76. The SMILES string of the molecule is CC(C)C1CSC(NC2CCCN(C)C2)=N1. The molecule has 2 heterocycles. The quantitative estimate of drug-likeness (QED) is 0.799. The van der Waals surface area contributed by atoms with E-state index in [2.05, 4.69) is 31.1 Å². The second kappa shape index (κ2) is 5.41. The topological polar surface area (TPSA) is 27.6 Å². The number of rotatable bonds is 2. The van der Waals surface area contributed by atoms with Gasteiger partial charge < -0.3 is 10.2 Å². The molecule has 2 atom stereocenters. The van der Waals surface area contributed by atoms with Crippen molar-refractivity contribution in [3.05, 3.63) is 0 Å². The van der Waals surface area contributed by atoms with Gasteiger partial charge in [-0.1, -0.05) is 25.6 Å². The summed E-state index contributed by atoms with van der Waals surface area (Å²) >= 11 is 1.89. The van der Waals surface area contributed by atoms with E-state index >= 15 is 0 Å². The summed E-state index contributed by atoms with van der Waals surface area (Å²) in [6.07, 6.45) is 2.59. The van der Waals surface area contributed by atoms with Gasteiger partial charge >= 0.3 is 0 Å². The molecule has 16 heavy (non-hydrogen) atoms. The molecule has 1 N–H and O–H groups in total. The maximum absolute atomic E-state index is 4.76. The van der Waals surface area contributed by atoms with Crippen LogP contribution in [0.15, 0.2) is 4.99 Å². The zero-order valence-corrected chi connectivity index (χ0v) is 11.4. The van der Waals surface area contributed by atoms with Gasteiger partial charge in [0.25, 0.3) is 0 Å². The number of likely N-dealkylation sites (N-methyl/N-ethyl adjacent to an activating group) is 1. The van der Waals surface area contributed by atoms with Crippen LogP contribution in [-0.2, 0) is 0 Å². The number of aliphatic imine (C=N–C) groups is 1. The van der Waals surface area contributed by atoms with Crippen LogP contribution in [0.5, 0.6) is 0 Å². The lowest BCUT2D eigenvalue weighted by molar-refractivity contribution is 0.241. The van der Waals surface area contributed by atoms with E-state index in [-0.39, 0.29) is 0 Å². The molecule has 0 spiro atoms. The van der Waals surface area contributed by atoms with E-state index in [9.17, 15) is 0 Å². The third kappa shape index (κ3) is 3.14. The number of thioether (sulfide) groups is 1. The van der Waals surface area contributed by atoms with Crippen LogP contribution in [0.1, 0.15) is 26.7 Å². The van der Waals surface area contributed by atoms with Crippen molar-refractivity contribution in [2.24, 2.45) is 10.9 Å². The average Bonchev–Trinajstić information content (AvgIpc) is 2.66. The Bertz CT molecular complexity index is 265. The number of nitrogens with one attached hydrogen (secondary N) is 1. The summed E-state index contributed by atoms with van der Waals surface area (Å²) in [6.45, 7) is 6.91. The summed E-state index contributed by atoms with van der Waals surface area (Å²) < 4.78 is 0. The first-order chi connectivity index (χ1) is 7.65. The molecular formula is C12H23N3S. The van der Waals surface area contributed by atoms with Gasteiger partial charge in [0.05, 0.1) is 6.04 Å². The lowest BCUT2D eigenvalue weighted by Crippen LogP contribution is -2.45. The van der Waals surface area contributed by atoms with Gasteiger partial charge in [-0.05, 0) is 32.4 Å². The van der Waals surface area contributed by atoms with Gasteiger partial charge in [0.1, 0.15) is 0 Å². The number of hydrogen-bond acceptors (Lipinski definition) is 4. The van der Waals surface area contributed by atoms with Crippen molar-refractivity contribution >= 4 is 16.9 Å². The Morgan fingerprint density at radius 1 is 1.50 bits per heavy atom. The molecule has 0 aromatic carbocycles. The standard InChI is InChI=1S/C12H23N3S/c1-9(2)11-8-16-12(14-11)13-10-5-4-6-15(3)7-10/h9-11H,4-8H2,1-3H3,(H,13,14). The fourth-order valence-corrected chi connectivity index (χ4v) is 3.52.